The first kappa shape index (κ1) is 19.8. The van der Waals surface area contributed by atoms with Crippen molar-refractivity contribution < 1.29 is 28.8 Å². The number of aryl methyl sites for hydroxylation is 1. The van der Waals surface area contributed by atoms with Crippen LogP contribution in [0, 0.1) is 0 Å². The van der Waals surface area contributed by atoms with Crippen molar-refractivity contribution in [1.29, 1.82) is 0 Å². The molecule has 0 bridgehead atoms. The number of carboxylic acids is 1. The molecule has 7 heteroatoms. The van der Waals surface area contributed by atoms with Gasteiger partial charge in [-0.3, -0.25) is 9.32 Å². The van der Waals surface area contributed by atoms with Crippen LogP contribution in [-0.2, 0) is 20.3 Å². The second-order valence-electron chi connectivity index (χ2n) is 4.41. The molecule has 0 fully saturated rings. The lowest BCUT2D eigenvalue weighted by Gasteiger charge is -2.02. The first-order chi connectivity index (χ1) is 9.85. The molecule has 0 aliphatic rings. The molecule has 0 saturated carbocycles. The van der Waals surface area contributed by atoms with Crippen LogP contribution < -0.4 is 0 Å². The van der Waals surface area contributed by atoms with Crippen molar-refractivity contribution >= 4 is 13.8 Å². The van der Waals surface area contributed by atoms with Crippen molar-refractivity contribution in [1.82, 2.24) is 0 Å². The van der Waals surface area contributed by atoms with Gasteiger partial charge in [0, 0.05) is 6.42 Å². The lowest BCUT2D eigenvalue weighted by atomic mass is 10.1. The third kappa shape index (κ3) is 15.0. The van der Waals surface area contributed by atoms with Crippen LogP contribution in [-0.4, -0.2) is 27.5 Å². The van der Waals surface area contributed by atoms with Gasteiger partial charge in [0.1, 0.15) is 0 Å². The molecule has 6 nitrogen and oxygen atoms in total. The normalized spacial score (nSPS) is 10.6. The minimum absolute atomic E-state index is 0.151. The van der Waals surface area contributed by atoms with Crippen molar-refractivity contribution in [3.05, 3.63) is 35.9 Å². The minimum atomic E-state index is -4.21. The number of hydrogen-bond acceptors (Lipinski definition) is 3. The van der Waals surface area contributed by atoms with E-state index < -0.39 is 13.8 Å². The highest BCUT2D eigenvalue weighted by Gasteiger charge is 2.11. The third-order valence-electron chi connectivity index (χ3n) is 2.48. The van der Waals surface area contributed by atoms with Gasteiger partial charge in [0.2, 0.25) is 0 Å². The van der Waals surface area contributed by atoms with Crippen molar-refractivity contribution in [2.45, 2.75) is 39.0 Å². The van der Waals surface area contributed by atoms with Gasteiger partial charge in [-0.1, -0.05) is 50.1 Å². The van der Waals surface area contributed by atoms with Gasteiger partial charge >= 0.3 is 13.8 Å². The summed E-state index contributed by atoms with van der Waals surface area (Å²) in [6, 6.07) is 9.62. The van der Waals surface area contributed by atoms with E-state index in [9.17, 15) is 9.36 Å². The molecule has 1 aromatic carbocycles. The molecule has 0 amide bonds. The molecule has 0 aliphatic heterocycles. The fourth-order valence-electron chi connectivity index (χ4n) is 1.43. The Morgan fingerprint density at radius 2 is 1.81 bits per heavy atom. The SMILES string of the molecule is CCCCCOP(=O)(O)O.O=C(O)CCc1ccccc1. The van der Waals surface area contributed by atoms with Crippen LogP contribution in [0.2, 0.25) is 0 Å². The van der Waals surface area contributed by atoms with E-state index in [0.717, 1.165) is 18.4 Å². The number of phosphoric ester groups is 1. The molecule has 0 heterocycles. The Kier molecular flexibility index (Phi) is 10.8. The summed E-state index contributed by atoms with van der Waals surface area (Å²) >= 11 is 0. The molecular weight excluding hydrogens is 295 g/mol. The van der Waals surface area contributed by atoms with E-state index in [4.69, 9.17) is 14.9 Å². The molecule has 0 unspecified atom stereocenters. The largest absolute Gasteiger partial charge is 0.481 e. The van der Waals surface area contributed by atoms with Crippen LogP contribution in [0.5, 0.6) is 0 Å². The highest BCUT2D eigenvalue weighted by atomic mass is 31.2. The maximum Gasteiger partial charge on any atom is 0.469 e. The maximum atomic E-state index is 10.2. The number of phosphoric acid groups is 1. The van der Waals surface area contributed by atoms with Gasteiger partial charge in [0.25, 0.3) is 0 Å². The molecule has 0 aliphatic carbocycles. The van der Waals surface area contributed by atoms with Gasteiger partial charge in [-0.2, -0.15) is 0 Å². The highest BCUT2D eigenvalue weighted by molar-refractivity contribution is 7.46. The van der Waals surface area contributed by atoms with E-state index >= 15 is 0 Å². The van der Waals surface area contributed by atoms with Gasteiger partial charge in [0.05, 0.1) is 6.61 Å². The second-order valence-corrected chi connectivity index (χ2v) is 5.65. The van der Waals surface area contributed by atoms with E-state index in [1.54, 1.807) is 0 Å². The summed E-state index contributed by atoms with van der Waals surface area (Å²) in [5.74, 6) is -0.742. The van der Waals surface area contributed by atoms with Gasteiger partial charge in [-0.05, 0) is 18.4 Å². The number of rotatable bonds is 8. The van der Waals surface area contributed by atoms with E-state index in [-0.39, 0.29) is 13.0 Å². The molecule has 1 rings (SSSR count). The summed E-state index contributed by atoms with van der Waals surface area (Å²) in [4.78, 5) is 26.6. The second kappa shape index (κ2) is 11.5. The molecule has 0 saturated heterocycles. The van der Waals surface area contributed by atoms with E-state index in [1.165, 1.54) is 0 Å². The first-order valence-electron chi connectivity index (χ1n) is 6.81. The smallest absolute Gasteiger partial charge is 0.469 e. The molecule has 0 spiro atoms. The Hall–Kier alpha value is -1.20. The van der Waals surface area contributed by atoms with Crippen LogP contribution in [0.25, 0.3) is 0 Å². The molecule has 0 radical (unpaired) electrons. The summed E-state index contributed by atoms with van der Waals surface area (Å²) in [6.45, 7) is 2.16. The van der Waals surface area contributed by atoms with Crippen molar-refractivity contribution in [2.75, 3.05) is 6.61 Å². The summed E-state index contributed by atoms with van der Waals surface area (Å²) < 4.78 is 14.3. The Labute approximate surface area is 125 Å². The van der Waals surface area contributed by atoms with E-state index in [2.05, 4.69) is 4.52 Å². The standard InChI is InChI=1S/C9H10O2.C5H13O4P/c10-9(11)7-6-8-4-2-1-3-5-8;1-2-3-4-5-9-10(6,7)8/h1-5H,6-7H2,(H,10,11);2-5H2,1H3,(H2,6,7,8). The van der Waals surface area contributed by atoms with Gasteiger partial charge in [-0.25, -0.2) is 4.57 Å². The van der Waals surface area contributed by atoms with Crippen LogP contribution in [0.3, 0.4) is 0 Å². The quantitative estimate of drug-likeness (QED) is 0.503. The average Bonchev–Trinajstić information content (AvgIpc) is 2.42. The Morgan fingerprint density at radius 1 is 1.19 bits per heavy atom. The Balaban J connectivity index is 0.000000384. The van der Waals surface area contributed by atoms with Crippen LogP contribution in [0.1, 0.15) is 38.2 Å². The van der Waals surface area contributed by atoms with Gasteiger partial charge in [-0.15, -0.1) is 0 Å². The monoisotopic (exact) mass is 318 g/mol. The maximum absolute atomic E-state index is 10.2. The number of carboxylic acid groups (broad SMARTS) is 1. The van der Waals surface area contributed by atoms with E-state index in [1.807, 2.05) is 37.3 Å². The topological polar surface area (TPSA) is 104 Å². The molecular formula is C14H23O6P. The van der Waals surface area contributed by atoms with Crippen LogP contribution in [0.4, 0.5) is 0 Å². The first-order valence-corrected chi connectivity index (χ1v) is 8.34. The molecule has 3 N–H and O–H groups in total. The number of unbranched alkanes of at least 4 members (excludes halogenated alkanes) is 2. The Morgan fingerprint density at radius 3 is 2.29 bits per heavy atom. The van der Waals surface area contributed by atoms with Gasteiger partial charge in [0.15, 0.2) is 0 Å². The van der Waals surface area contributed by atoms with E-state index in [0.29, 0.717) is 12.8 Å². The van der Waals surface area contributed by atoms with Crippen molar-refractivity contribution in [3.63, 3.8) is 0 Å². The van der Waals surface area contributed by atoms with Crippen molar-refractivity contribution in [3.8, 4) is 0 Å². The minimum Gasteiger partial charge on any atom is -0.481 e. The zero-order chi connectivity index (χ0) is 16.1. The number of carbonyl (C=O) groups is 1. The van der Waals surface area contributed by atoms with Crippen LogP contribution in [0.15, 0.2) is 30.3 Å². The highest BCUT2D eigenvalue weighted by Crippen LogP contribution is 2.35. The summed E-state index contributed by atoms with van der Waals surface area (Å²) in [7, 11) is -4.21. The van der Waals surface area contributed by atoms with Crippen molar-refractivity contribution in [2.24, 2.45) is 0 Å². The molecule has 1 aromatic rings. The Bertz CT molecular complexity index is 428. The zero-order valence-electron chi connectivity index (χ0n) is 12.1. The number of benzene rings is 1. The third-order valence-corrected chi connectivity index (χ3v) is 3.00. The zero-order valence-corrected chi connectivity index (χ0v) is 13.0. The predicted octanol–water partition coefficient (Wildman–Crippen LogP) is 2.99. The fourth-order valence-corrected chi connectivity index (χ4v) is 1.80. The molecule has 120 valence electrons. The molecule has 21 heavy (non-hydrogen) atoms. The summed E-state index contributed by atoms with van der Waals surface area (Å²) in [5, 5.41) is 8.37. The lowest BCUT2D eigenvalue weighted by Crippen LogP contribution is -1.96. The van der Waals surface area contributed by atoms with Gasteiger partial charge < -0.3 is 14.9 Å². The predicted molar refractivity (Wildman–Crippen MR) is 79.9 cm³/mol. The summed E-state index contributed by atoms with van der Waals surface area (Å²) in [5.41, 5.74) is 1.08. The molecule has 0 atom stereocenters. The lowest BCUT2D eigenvalue weighted by molar-refractivity contribution is -0.136. The fraction of sp³-hybridized carbons (Fsp3) is 0.500. The summed E-state index contributed by atoms with van der Waals surface area (Å²) in [6.07, 6.45) is 3.51. The number of aliphatic carboxylic acids is 1. The molecule has 0 aromatic heterocycles. The number of hydrogen-bond donors (Lipinski definition) is 3. The average molecular weight is 318 g/mol. The van der Waals surface area contributed by atoms with Crippen LogP contribution >= 0.6 is 7.82 Å².